The SMILES string of the molecule is O=C(Cc1ccccc1)NCC(=O)OCc1c(F)cccc1Cl. The Hall–Kier alpha value is -2.40. The Bertz CT molecular complexity index is 671. The van der Waals surface area contributed by atoms with E-state index in [1.807, 2.05) is 30.3 Å². The predicted octanol–water partition coefficient (Wildman–Crippen LogP) is 2.88. The summed E-state index contributed by atoms with van der Waals surface area (Å²) in [6.07, 6.45) is 0.174. The lowest BCUT2D eigenvalue weighted by Crippen LogP contribution is -2.31. The Kier molecular flexibility index (Phi) is 6.11. The van der Waals surface area contributed by atoms with Crippen LogP contribution in [-0.4, -0.2) is 18.4 Å². The van der Waals surface area contributed by atoms with E-state index in [9.17, 15) is 14.0 Å². The summed E-state index contributed by atoms with van der Waals surface area (Å²) in [5, 5.41) is 2.64. The van der Waals surface area contributed by atoms with Crippen LogP contribution >= 0.6 is 11.6 Å². The maximum atomic E-state index is 13.5. The van der Waals surface area contributed by atoms with Crippen molar-refractivity contribution < 1.29 is 18.7 Å². The number of esters is 1. The molecule has 0 spiro atoms. The van der Waals surface area contributed by atoms with Crippen molar-refractivity contribution in [3.8, 4) is 0 Å². The van der Waals surface area contributed by atoms with Gasteiger partial charge in [-0.25, -0.2) is 4.39 Å². The first-order valence-corrected chi connectivity index (χ1v) is 7.33. The number of nitrogens with one attached hydrogen (secondary N) is 1. The summed E-state index contributed by atoms with van der Waals surface area (Å²) in [5.74, 6) is -1.50. The first-order valence-electron chi connectivity index (χ1n) is 6.95. The average Bonchev–Trinajstić information content (AvgIpc) is 2.53. The van der Waals surface area contributed by atoms with Gasteiger partial charge in [-0.1, -0.05) is 48.0 Å². The van der Waals surface area contributed by atoms with Gasteiger partial charge in [0.1, 0.15) is 19.0 Å². The topological polar surface area (TPSA) is 55.4 Å². The summed E-state index contributed by atoms with van der Waals surface area (Å²) in [6, 6.07) is 13.4. The third-order valence-corrected chi connectivity index (χ3v) is 3.43. The molecule has 0 unspecified atom stereocenters. The number of rotatable bonds is 6. The summed E-state index contributed by atoms with van der Waals surface area (Å²) in [6.45, 7) is -0.559. The number of ether oxygens (including phenoxy) is 1. The number of benzene rings is 2. The molecule has 23 heavy (non-hydrogen) atoms. The number of hydrogen-bond donors (Lipinski definition) is 1. The molecule has 6 heteroatoms. The number of hydrogen-bond acceptors (Lipinski definition) is 3. The molecule has 1 N–H and O–H groups in total. The van der Waals surface area contributed by atoms with Gasteiger partial charge in [-0.05, 0) is 17.7 Å². The average molecular weight is 336 g/mol. The van der Waals surface area contributed by atoms with Crippen LogP contribution in [-0.2, 0) is 27.4 Å². The lowest BCUT2D eigenvalue weighted by molar-refractivity contribution is -0.145. The molecule has 0 atom stereocenters. The van der Waals surface area contributed by atoms with Crippen LogP contribution in [0.15, 0.2) is 48.5 Å². The van der Waals surface area contributed by atoms with Gasteiger partial charge in [0.25, 0.3) is 0 Å². The fourth-order valence-corrected chi connectivity index (χ4v) is 2.11. The summed E-state index contributed by atoms with van der Waals surface area (Å²) in [7, 11) is 0. The van der Waals surface area contributed by atoms with Crippen LogP contribution in [0.5, 0.6) is 0 Å². The zero-order valence-electron chi connectivity index (χ0n) is 12.2. The molecule has 0 radical (unpaired) electrons. The smallest absolute Gasteiger partial charge is 0.325 e. The molecule has 0 heterocycles. The molecule has 2 aromatic rings. The van der Waals surface area contributed by atoms with Crippen molar-refractivity contribution >= 4 is 23.5 Å². The molecule has 0 aliphatic rings. The minimum Gasteiger partial charge on any atom is -0.459 e. The largest absolute Gasteiger partial charge is 0.459 e. The van der Waals surface area contributed by atoms with Gasteiger partial charge in [-0.3, -0.25) is 9.59 Å². The Morgan fingerprint density at radius 2 is 1.83 bits per heavy atom. The quantitative estimate of drug-likeness (QED) is 0.826. The van der Waals surface area contributed by atoms with Gasteiger partial charge in [-0.15, -0.1) is 0 Å². The highest BCUT2D eigenvalue weighted by Crippen LogP contribution is 2.19. The molecule has 0 fully saturated rings. The van der Waals surface area contributed by atoms with Crippen LogP contribution in [0.2, 0.25) is 5.02 Å². The lowest BCUT2D eigenvalue weighted by Gasteiger charge is -2.08. The molecule has 2 aromatic carbocycles. The summed E-state index contributed by atoms with van der Waals surface area (Å²) >= 11 is 5.83. The van der Waals surface area contributed by atoms with Crippen LogP contribution in [0.4, 0.5) is 4.39 Å². The van der Waals surface area contributed by atoms with E-state index in [4.69, 9.17) is 16.3 Å². The van der Waals surface area contributed by atoms with Crippen LogP contribution in [0.3, 0.4) is 0 Å². The Morgan fingerprint density at radius 1 is 1.09 bits per heavy atom. The van der Waals surface area contributed by atoms with E-state index < -0.39 is 11.8 Å². The summed E-state index contributed by atoms with van der Waals surface area (Å²) in [4.78, 5) is 23.3. The maximum Gasteiger partial charge on any atom is 0.325 e. The summed E-state index contributed by atoms with van der Waals surface area (Å²) in [5.41, 5.74) is 0.953. The Balaban J connectivity index is 1.76. The molecule has 2 rings (SSSR count). The Morgan fingerprint density at radius 3 is 2.52 bits per heavy atom. The van der Waals surface area contributed by atoms with E-state index in [-0.39, 0.29) is 36.1 Å². The van der Waals surface area contributed by atoms with Crippen molar-refractivity contribution in [2.45, 2.75) is 13.0 Å². The standard InChI is InChI=1S/C17H15ClFNO3/c18-14-7-4-8-15(19)13(14)11-23-17(22)10-20-16(21)9-12-5-2-1-3-6-12/h1-8H,9-11H2,(H,20,21). The number of halogens is 2. The second-order valence-electron chi connectivity index (χ2n) is 4.80. The van der Waals surface area contributed by atoms with Gasteiger partial charge in [0, 0.05) is 5.56 Å². The molecule has 0 bridgehead atoms. The zero-order valence-corrected chi connectivity index (χ0v) is 13.0. The summed E-state index contributed by atoms with van der Waals surface area (Å²) < 4.78 is 18.4. The molecular formula is C17H15ClFNO3. The second-order valence-corrected chi connectivity index (χ2v) is 5.21. The van der Waals surface area contributed by atoms with Crippen molar-refractivity contribution in [2.75, 3.05) is 6.54 Å². The highest BCUT2D eigenvalue weighted by Gasteiger charge is 2.11. The van der Waals surface area contributed by atoms with Crippen molar-refractivity contribution in [2.24, 2.45) is 0 Å². The van der Waals surface area contributed by atoms with Crippen LogP contribution in [0.25, 0.3) is 0 Å². The molecule has 0 aliphatic heterocycles. The van der Waals surface area contributed by atoms with Crippen molar-refractivity contribution in [1.82, 2.24) is 5.32 Å². The molecule has 0 aromatic heterocycles. The van der Waals surface area contributed by atoms with E-state index in [0.29, 0.717) is 0 Å². The van der Waals surface area contributed by atoms with Crippen molar-refractivity contribution in [3.63, 3.8) is 0 Å². The van der Waals surface area contributed by atoms with Gasteiger partial charge in [0.2, 0.25) is 5.91 Å². The van der Waals surface area contributed by atoms with Gasteiger partial charge >= 0.3 is 5.97 Å². The van der Waals surface area contributed by atoms with Gasteiger partial charge < -0.3 is 10.1 Å². The molecule has 4 nitrogen and oxygen atoms in total. The minimum absolute atomic E-state index is 0.109. The lowest BCUT2D eigenvalue weighted by atomic mass is 10.1. The number of amides is 1. The number of carbonyl (C=O) groups excluding carboxylic acids is 2. The molecule has 0 saturated carbocycles. The predicted molar refractivity (Wildman–Crippen MR) is 84.4 cm³/mol. The Labute approximate surface area is 138 Å². The first-order chi connectivity index (χ1) is 11.1. The third-order valence-electron chi connectivity index (χ3n) is 3.08. The molecule has 120 valence electrons. The molecule has 0 saturated heterocycles. The van der Waals surface area contributed by atoms with Crippen LogP contribution < -0.4 is 5.32 Å². The highest BCUT2D eigenvalue weighted by atomic mass is 35.5. The monoisotopic (exact) mass is 335 g/mol. The van der Waals surface area contributed by atoms with E-state index in [2.05, 4.69) is 5.32 Å². The van der Waals surface area contributed by atoms with E-state index in [1.54, 1.807) is 0 Å². The third kappa shape index (κ3) is 5.38. The van der Waals surface area contributed by atoms with Crippen molar-refractivity contribution in [1.29, 1.82) is 0 Å². The second kappa shape index (κ2) is 8.29. The normalized spacial score (nSPS) is 10.2. The van der Waals surface area contributed by atoms with Gasteiger partial charge in [0.15, 0.2) is 0 Å². The minimum atomic E-state index is -0.661. The fraction of sp³-hybridized carbons (Fsp3) is 0.176. The molecular weight excluding hydrogens is 321 g/mol. The fourth-order valence-electron chi connectivity index (χ4n) is 1.89. The van der Waals surface area contributed by atoms with Crippen LogP contribution in [0, 0.1) is 5.82 Å². The maximum absolute atomic E-state index is 13.5. The van der Waals surface area contributed by atoms with Crippen LogP contribution in [0.1, 0.15) is 11.1 Å². The van der Waals surface area contributed by atoms with E-state index >= 15 is 0 Å². The van der Waals surface area contributed by atoms with E-state index in [1.165, 1.54) is 18.2 Å². The van der Waals surface area contributed by atoms with E-state index in [0.717, 1.165) is 5.56 Å². The number of carbonyl (C=O) groups is 2. The van der Waals surface area contributed by atoms with Crippen molar-refractivity contribution in [3.05, 3.63) is 70.5 Å². The van der Waals surface area contributed by atoms with Gasteiger partial charge in [0.05, 0.1) is 11.4 Å². The zero-order chi connectivity index (χ0) is 16.7. The molecule has 0 aliphatic carbocycles. The highest BCUT2D eigenvalue weighted by molar-refractivity contribution is 6.31. The molecule has 1 amide bonds. The van der Waals surface area contributed by atoms with Gasteiger partial charge in [-0.2, -0.15) is 0 Å². The first kappa shape index (κ1) is 17.0.